The standard InChI is InChI=1S/C17H28/c1-2-6-14-12(4-1)8-10-17-15-7-3-5-13(15)9-11-16(14)17/h12-17H,1-11H2/t12-,13?,14-,15?,16?,17?/m1/s1. The second kappa shape index (κ2) is 4.28. The summed E-state index contributed by atoms with van der Waals surface area (Å²) in [5.74, 6) is 7.02. The summed E-state index contributed by atoms with van der Waals surface area (Å²) in [6.45, 7) is 0. The third-order valence-corrected chi connectivity index (χ3v) is 7.08. The van der Waals surface area contributed by atoms with Crippen molar-refractivity contribution in [1.82, 2.24) is 0 Å². The third kappa shape index (κ3) is 1.70. The molecule has 0 bridgehead atoms. The largest absolute Gasteiger partial charge is 0.0530 e. The van der Waals surface area contributed by atoms with Crippen LogP contribution >= 0.6 is 0 Å². The maximum atomic E-state index is 1.62. The number of hydrogen-bond donors (Lipinski definition) is 0. The molecule has 0 aliphatic heterocycles. The van der Waals surface area contributed by atoms with Crippen molar-refractivity contribution in [2.45, 2.75) is 70.6 Å². The van der Waals surface area contributed by atoms with E-state index in [0.29, 0.717) is 0 Å². The lowest BCUT2D eigenvalue weighted by Crippen LogP contribution is -2.43. The average Bonchev–Trinajstić information content (AvgIpc) is 2.86. The fourth-order valence-corrected chi connectivity index (χ4v) is 6.45. The molecule has 0 aromatic carbocycles. The second-order valence-electron chi connectivity index (χ2n) is 7.55. The molecule has 0 heterocycles. The quantitative estimate of drug-likeness (QED) is 0.549. The summed E-state index contributed by atoms with van der Waals surface area (Å²) >= 11 is 0. The SMILES string of the molecule is C1CC2CCC3C(CC[C@H]4CCCC[C@@H]34)C2C1. The van der Waals surface area contributed by atoms with Gasteiger partial charge in [0.05, 0.1) is 0 Å². The zero-order valence-electron chi connectivity index (χ0n) is 11.2. The van der Waals surface area contributed by atoms with Crippen LogP contribution in [0.3, 0.4) is 0 Å². The van der Waals surface area contributed by atoms with Crippen LogP contribution in [-0.2, 0) is 0 Å². The molecule has 4 unspecified atom stereocenters. The molecule has 0 aromatic heterocycles. The van der Waals surface area contributed by atoms with Crippen molar-refractivity contribution >= 4 is 0 Å². The van der Waals surface area contributed by atoms with Crippen LogP contribution in [0.4, 0.5) is 0 Å². The Hall–Kier alpha value is 0. The fourth-order valence-electron chi connectivity index (χ4n) is 6.45. The molecular weight excluding hydrogens is 204 g/mol. The highest BCUT2D eigenvalue weighted by molar-refractivity contribution is 4.98. The smallest absolute Gasteiger partial charge is 0.0352 e. The lowest BCUT2D eigenvalue weighted by atomic mass is 9.54. The van der Waals surface area contributed by atoms with Gasteiger partial charge in [0.15, 0.2) is 0 Å². The predicted octanol–water partition coefficient (Wildman–Crippen LogP) is 5.03. The van der Waals surface area contributed by atoms with Gasteiger partial charge < -0.3 is 0 Å². The van der Waals surface area contributed by atoms with Crippen molar-refractivity contribution in [2.24, 2.45) is 35.5 Å². The monoisotopic (exact) mass is 232 g/mol. The first-order chi connectivity index (χ1) is 8.43. The molecule has 4 saturated carbocycles. The summed E-state index contributed by atoms with van der Waals surface area (Å²) in [4.78, 5) is 0. The summed E-state index contributed by atoms with van der Waals surface area (Å²) in [7, 11) is 0. The summed E-state index contributed by atoms with van der Waals surface area (Å²) in [6.07, 6.45) is 17.5. The van der Waals surface area contributed by atoms with Crippen molar-refractivity contribution in [3.8, 4) is 0 Å². The van der Waals surface area contributed by atoms with Crippen molar-refractivity contribution < 1.29 is 0 Å². The van der Waals surface area contributed by atoms with Crippen molar-refractivity contribution in [1.29, 1.82) is 0 Å². The molecule has 4 aliphatic rings. The van der Waals surface area contributed by atoms with Gasteiger partial charge in [0.2, 0.25) is 0 Å². The van der Waals surface area contributed by atoms with Crippen LogP contribution in [0, 0.1) is 35.5 Å². The molecular formula is C17H28. The molecule has 0 N–H and O–H groups in total. The van der Waals surface area contributed by atoms with Gasteiger partial charge in [-0.25, -0.2) is 0 Å². The molecule has 0 saturated heterocycles. The Morgan fingerprint density at radius 1 is 0.353 bits per heavy atom. The van der Waals surface area contributed by atoms with E-state index in [1.165, 1.54) is 23.7 Å². The lowest BCUT2D eigenvalue weighted by molar-refractivity contribution is -0.0184. The van der Waals surface area contributed by atoms with E-state index in [2.05, 4.69) is 0 Å². The molecule has 0 spiro atoms. The Morgan fingerprint density at radius 3 is 1.59 bits per heavy atom. The van der Waals surface area contributed by atoms with E-state index in [4.69, 9.17) is 0 Å². The van der Waals surface area contributed by atoms with E-state index in [1.807, 2.05) is 0 Å². The van der Waals surface area contributed by atoms with Crippen LogP contribution in [0.5, 0.6) is 0 Å². The summed E-state index contributed by atoms with van der Waals surface area (Å²) < 4.78 is 0. The minimum Gasteiger partial charge on any atom is -0.0530 e. The van der Waals surface area contributed by atoms with Crippen LogP contribution in [0.2, 0.25) is 0 Å². The van der Waals surface area contributed by atoms with Crippen LogP contribution in [0.1, 0.15) is 70.6 Å². The number of rotatable bonds is 0. The van der Waals surface area contributed by atoms with E-state index in [-0.39, 0.29) is 0 Å². The molecule has 17 heavy (non-hydrogen) atoms. The van der Waals surface area contributed by atoms with Gasteiger partial charge in [0.1, 0.15) is 0 Å². The van der Waals surface area contributed by atoms with Gasteiger partial charge in [0, 0.05) is 0 Å². The summed E-state index contributed by atoms with van der Waals surface area (Å²) in [5, 5.41) is 0. The first kappa shape index (κ1) is 10.9. The van der Waals surface area contributed by atoms with Gasteiger partial charge in [-0.15, -0.1) is 0 Å². The maximum Gasteiger partial charge on any atom is -0.0352 e. The fraction of sp³-hybridized carbons (Fsp3) is 1.00. The van der Waals surface area contributed by atoms with Gasteiger partial charge in [-0.2, -0.15) is 0 Å². The van der Waals surface area contributed by atoms with Crippen LogP contribution in [0.25, 0.3) is 0 Å². The van der Waals surface area contributed by atoms with E-state index in [1.54, 1.807) is 70.6 Å². The molecule has 0 aromatic rings. The first-order valence-corrected chi connectivity index (χ1v) is 8.43. The second-order valence-corrected chi connectivity index (χ2v) is 7.55. The van der Waals surface area contributed by atoms with Crippen LogP contribution in [-0.4, -0.2) is 0 Å². The topological polar surface area (TPSA) is 0 Å². The Kier molecular flexibility index (Phi) is 2.74. The highest BCUT2D eigenvalue weighted by Crippen LogP contribution is 2.57. The van der Waals surface area contributed by atoms with Gasteiger partial charge in [-0.05, 0) is 74.0 Å². The summed E-state index contributed by atoms with van der Waals surface area (Å²) in [5.41, 5.74) is 0. The van der Waals surface area contributed by atoms with E-state index in [9.17, 15) is 0 Å². The molecule has 0 nitrogen and oxygen atoms in total. The van der Waals surface area contributed by atoms with Gasteiger partial charge >= 0.3 is 0 Å². The normalized spacial score (nSPS) is 53.6. The lowest BCUT2D eigenvalue weighted by Gasteiger charge is -2.51. The minimum atomic E-state index is 1.16. The Bertz CT molecular complexity index is 282. The molecule has 0 amide bonds. The molecule has 6 atom stereocenters. The van der Waals surface area contributed by atoms with Crippen molar-refractivity contribution in [3.05, 3.63) is 0 Å². The molecule has 0 radical (unpaired) electrons. The van der Waals surface area contributed by atoms with Gasteiger partial charge in [-0.1, -0.05) is 32.1 Å². The Labute approximate surface area is 107 Å². The van der Waals surface area contributed by atoms with Crippen LogP contribution in [0.15, 0.2) is 0 Å². The average molecular weight is 232 g/mol. The van der Waals surface area contributed by atoms with Crippen molar-refractivity contribution in [3.63, 3.8) is 0 Å². The number of fused-ring (bicyclic) bond motifs is 5. The molecule has 4 aliphatic carbocycles. The van der Waals surface area contributed by atoms with Gasteiger partial charge in [0.25, 0.3) is 0 Å². The van der Waals surface area contributed by atoms with Crippen molar-refractivity contribution in [2.75, 3.05) is 0 Å². The van der Waals surface area contributed by atoms with E-state index < -0.39 is 0 Å². The summed E-state index contributed by atoms with van der Waals surface area (Å²) in [6, 6.07) is 0. The predicted molar refractivity (Wildman–Crippen MR) is 71.7 cm³/mol. The first-order valence-electron chi connectivity index (χ1n) is 8.43. The molecule has 4 rings (SSSR count). The molecule has 0 heteroatoms. The Balaban J connectivity index is 1.56. The highest BCUT2D eigenvalue weighted by Gasteiger charge is 2.48. The van der Waals surface area contributed by atoms with E-state index in [0.717, 1.165) is 11.8 Å². The Morgan fingerprint density at radius 2 is 0.882 bits per heavy atom. The molecule has 96 valence electrons. The number of hydrogen-bond acceptors (Lipinski definition) is 0. The zero-order chi connectivity index (χ0) is 11.2. The van der Waals surface area contributed by atoms with Gasteiger partial charge in [-0.3, -0.25) is 0 Å². The van der Waals surface area contributed by atoms with E-state index >= 15 is 0 Å². The highest BCUT2D eigenvalue weighted by atomic mass is 14.5. The minimum absolute atomic E-state index is 1.16. The molecule has 4 fully saturated rings. The zero-order valence-corrected chi connectivity index (χ0v) is 11.2. The van der Waals surface area contributed by atoms with Crippen LogP contribution < -0.4 is 0 Å². The maximum absolute atomic E-state index is 1.62. The third-order valence-electron chi connectivity index (χ3n) is 7.08.